The Hall–Kier alpha value is -3.34. The van der Waals surface area contributed by atoms with Crippen molar-refractivity contribution in [3.8, 4) is 0 Å². The molecule has 0 amide bonds. The summed E-state index contributed by atoms with van der Waals surface area (Å²) in [5.74, 6) is 0.445. The molecule has 1 N–H and O–H groups in total. The Morgan fingerprint density at radius 3 is 2.52 bits per heavy atom. The van der Waals surface area contributed by atoms with Crippen molar-refractivity contribution in [1.82, 2.24) is 0 Å². The highest BCUT2D eigenvalue weighted by Crippen LogP contribution is 2.33. The molecule has 2 aromatic carbocycles. The summed E-state index contributed by atoms with van der Waals surface area (Å²) >= 11 is 0. The highest BCUT2D eigenvalue weighted by molar-refractivity contribution is 6.16. The van der Waals surface area contributed by atoms with E-state index in [0.29, 0.717) is 28.0 Å². The van der Waals surface area contributed by atoms with E-state index in [1.165, 1.54) is 6.07 Å². The number of benzene rings is 2. The zero-order valence-electron chi connectivity index (χ0n) is 13.7. The average molecular weight is 333 g/mol. The van der Waals surface area contributed by atoms with Gasteiger partial charge in [-0.3, -0.25) is 0 Å². The molecule has 0 radical (unpaired) electrons. The summed E-state index contributed by atoms with van der Waals surface area (Å²) in [5, 5.41) is 14.5. The Morgan fingerprint density at radius 2 is 1.80 bits per heavy atom. The van der Waals surface area contributed by atoms with E-state index in [4.69, 9.17) is 8.83 Å². The lowest BCUT2D eigenvalue weighted by molar-refractivity contribution is 0.318. The Morgan fingerprint density at radius 1 is 1.04 bits per heavy atom. The molecule has 0 unspecified atom stereocenters. The van der Waals surface area contributed by atoms with Crippen LogP contribution in [0.1, 0.15) is 22.5 Å². The van der Waals surface area contributed by atoms with Crippen molar-refractivity contribution in [3.63, 3.8) is 0 Å². The molecule has 0 spiro atoms. The van der Waals surface area contributed by atoms with Crippen LogP contribution in [-0.4, -0.2) is 10.9 Å². The van der Waals surface area contributed by atoms with Gasteiger partial charge in [0.25, 0.3) is 0 Å². The predicted molar refractivity (Wildman–Crippen MR) is 95.6 cm³/mol. The molecule has 0 bridgehead atoms. The molecule has 4 rings (SSSR count). The van der Waals surface area contributed by atoms with E-state index in [0.717, 1.165) is 22.1 Å². The molecule has 0 saturated carbocycles. The number of aryl methyl sites for hydroxylation is 2. The summed E-state index contributed by atoms with van der Waals surface area (Å²) in [6.45, 7) is 3.73. The fourth-order valence-corrected chi connectivity index (χ4v) is 3.16. The van der Waals surface area contributed by atoms with Gasteiger partial charge in [0.05, 0.1) is 5.39 Å². The second-order valence-electron chi connectivity index (χ2n) is 5.93. The van der Waals surface area contributed by atoms with Crippen LogP contribution in [0.25, 0.3) is 21.9 Å². The highest BCUT2D eigenvalue weighted by Gasteiger charge is 2.21. The van der Waals surface area contributed by atoms with Crippen LogP contribution in [0.5, 0.6) is 0 Å². The molecule has 0 fully saturated rings. The maximum absolute atomic E-state index is 11.8. The molecule has 0 aliphatic rings. The van der Waals surface area contributed by atoms with Gasteiger partial charge in [0.15, 0.2) is 11.5 Å². The van der Waals surface area contributed by atoms with Gasteiger partial charge in [-0.2, -0.15) is 0 Å². The SMILES string of the molecule is Cc1cc(=O)oc2c1ccc1oc(/C(=N/O)c3ccccc3)c(C)c12. The van der Waals surface area contributed by atoms with Gasteiger partial charge in [-0.05, 0) is 31.5 Å². The van der Waals surface area contributed by atoms with Crippen molar-refractivity contribution < 1.29 is 14.0 Å². The number of fused-ring (bicyclic) bond motifs is 3. The van der Waals surface area contributed by atoms with Crippen molar-refractivity contribution in [2.75, 3.05) is 0 Å². The van der Waals surface area contributed by atoms with Crippen LogP contribution >= 0.6 is 0 Å². The van der Waals surface area contributed by atoms with E-state index >= 15 is 0 Å². The van der Waals surface area contributed by atoms with Gasteiger partial charge in [0.2, 0.25) is 0 Å². The van der Waals surface area contributed by atoms with Crippen molar-refractivity contribution in [1.29, 1.82) is 0 Å². The highest BCUT2D eigenvalue weighted by atomic mass is 16.4. The molecular formula is C20H15NO4. The fourth-order valence-electron chi connectivity index (χ4n) is 3.16. The summed E-state index contributed by atoms with van der Waals surface area (Å²) in [6.07, 6.45) is 0. The van der Waals surface area contributed by atoms with Crippen molar-refractivity contribution >= 4 is 27.7 Å². The normalized spacial score (nSPS) is 12.2. The Bertz CT molecular complexity index is 1180. The van der Waals surface area contributed by atoms with Gasteiger partial charge in [-0.1, -0.05) is 35.5 Å². The Balaban J connectivity index is 2.06. The number of hydrogen-bond donors (Lipinski definition) is 1. The van der Waals surface area contributed by atoms with E-state index in [-0.39, 0.29) is 0 Å². The fraction of sp³-hybridized carbons (Fsp3) is 0.100. The first-order valence-electron chi connectivity index (χ1n) is 7.84. The number of furan rings is 1. The van der Waals surface area contributed by atoms with Gasteiger partial charge < -0.3 is 14.0 Å². The molecule has 5 heteroatoms. The molecule has 2 aromatic heterocycles. The van der Waals surface area contributed by atoms with Gasteiger partial charge in [-0.25, -0.2) is 4.79 Å². The second-order valence-corrected chi connectivity index (χ2v) is 5.93. The maximum atomic E-state index is 11.8. The zero-order valence-corrected chi connectivity index (χ0v) is 13.7. The lowest BCUT2D eigenvalue weighted by Gasteiger charge is -2.03. The smallest absolute Gasteiger partial charge is 0.336 e. The number of nitrogens with zero attached hydrogens (tertiary/aromatic N) is 1. The minimum absolute atomic E-state index is 0.331. The first-order chi connectivity index (χ1) is 12.1. The summed E-state index contributed by atoms with van der Waals surface area (Å²) in [6, 6.07) is 14.4. The summed E-state index contributed by atoms with van der Waals surface area (Å²) < 4.78 is 11.4. The molecule has 4 aromatic rings. The second kappa shape index (κ2) is 5.63. The lowest BCUT2D eigenvalue weighted by atomic mass is 10.0. The number of rotatable bonds is 2. The molecule has 0 aliphatic carbocycles. The average Bonchev–Trinajstić information content (AvgIpc) is 2.94. The Labute approximate surface area is 142 Å². The van der Waals surface area contributed by atoms with Crippen LogP contribution in [0.3, 0.4) is 0 Å². The van der Waals surface area contributed by atoms with Gasteiger partial charge >= 0.3 is 5.63 Å². The van der Waals surface area contributed by atoms with E-state index in [9.17, 15) is 10.0 Å². The van der Waals surface area contributed by atoms with Crippen molar-refractivity contribution in [2.45, 2.75) is 13.8 Å². The van der Waals surface area contributed by atoms with Crippen LogP contribution in [0.15, 0.2) is 67.3 Å². The summed E-state index contributed by atoms with van der Waals surface area (Å²) in [7, 11) is 0. The molecule has 0 atom stereocenters. The van der Waals surface area contributed by atoms with E-state index in [2.05, 4.69) is 5.16 Å². The van der Waals surface area contributed by atoms with E-state index in [1.54, 1.807) is 0 Å². The van der Waals surface area contributed by atoms with Crippen LogP contribution in [0.4, 0.5) is 0 Å². The molecule has 25 heavy (non-hydrogen) atoms. The minimum atomic E-state index is -0.404. The molecular weight excluding hydrogens is 318 g/mol. The zero-order chi connectivity index (χ0) is 17.6. The van der Waals surface area contributed by atoms with Crippen LogP contribution < -0.4 is 5.63 Å². The van der Waals surface area contributed by atoms with E-state index < -0.39 is 5.63 Å². The monoisotopic (exact) mass is 333 g/mol. The topological polar surface area (TPSA) is 75.9 Å². The number of oxime groups is 1. The number of hydrogen-bond acceptors (Lipinski definition) is 5. The van der Waals surface area contributed by atoms with E-state index in [1.807, 2.05) is 56.3 Å². The van der Waals surface area contributed by atoms with Crippen LogP contribution in [-0.2, 0) is 0 Å². The minimum Gasteiger partial charge on any atom is -0.454 e. The largest absolute Gasteiger partial charge is 0.454 e. The van der Waals surface area contributed by atoms with Crippen LogP contribution in [0, 0.1) is 13.8 Å². The molecule has 0 saturated heterocycles. The third-order valence-corrected chi connectivity index (χ3v) is 4.37. The first-order valence-corrected chi connectivity index (χ1v) is 7.84. The molecule has 5 nitrogen and oxygen atoms in total. The van der Waals surface area contributed by atoms with Crippen molar-refractivity contribution in [3.05, 3.63) is 81.4 Å². The summed E-state index contributed by atoms with van der Waals surface area (Å²) in [4.78, 5) is 11.8. The first kappa shape index (κ1) is 15.2. The van der Waals surface area contributed by atoms with Crippen LogP contribution in [0.2, 0.25) is 0 Å². The van der Waals surface area contributed by atoms with Gasteiger partial charge in [-0.15, -0.1) is 0 Å². The predicted octanol–water partition coefficient (Wildman–Crippen LogP) is 4.38. The maximum Gasteiger partial charge on any atom is 0.336 e. The quantitative estimate of drug-likeness (QED) is 0.255. The lowest BCUT2D eigenvalue weighted by Crippen LogP contribution is -2.03. The third-order valence-electron chi connectivity index (χ3n) is 4.37. The molecule has 124 valence electrons. The third kappa shape index (κ3) is 2.32. The van der Waals surface area contributed by atoms with Gasteiger partial charge in [0.1, 0.15) is 11.2 Å². The summed E-state index contributed by atoms with van der Waals surface area (Å²) in [5.41, 5.74) is 3.32. The van der Waals surface area contributed by atoms with Crippen molar-refractivity contribution in [2.24, 2.45) is 5.16 Å². The standard InChI is InChI=1S/C20H15NO4/c1-11-10-16(22)25-20-14(11)8-9-15-17(20)12(2)19(24-15)18(21-23)13-6-4-3-5-7-13/h3-10,23H,1-2H3/b21-18+. The van der Waals surface area contributed by atoms with Gasteiger partial charge in [0, 0.05) is 22.6 Å². The Kier molecular flexibility index (Phi) is 3.42. The molecule has 2 heterocycles. The molecule has 0 aliphatic heterocycles.